The van der Waals surface area contributed by atoms with Crippen LogP contribution in [0.25, 0.3) is 0 Å². The Labute approximate surface area is 97.8 Å². The monoisotopic (exact) mass is 259 g/mol. The molecule has 1 aromatic rings. The van der Waals surface area contributed by atoms with E-state index in [9.17, 15) is 28.1 Å². The minimum atomic E-state index is -1.89. The summed E-state index contributed by atoms with van der Waals surface area (Å²) in [7, 11) is 0. The number of carbonyl (C=O) groups is 1. The van der Waals surface area contributed by atoms with Gasteiger partial charge in [-0.3, -0.25) is 14.9 Å². The van der Waals surface area contributed by atoms with E-state index in [0.29, 0.717) is 0 Å². The van der Waals surface area contributed by atoms with Gasteiger partial charge in [-0.2, -0.15) is 9.65 Å². The molecule has 94 valence electrons. The Bertz CT molecular complexity index is 568. The molecule has 0 aliphatic heterocycles. The summed E-state index contributed by atoms with van der Waals surface area (Å²) in [4.78, 5) is 20.1. The molecule has 0 atom stereocenters. The molecule has 0 spiro atoms. The molecule has 1 aromatic carbocycles. The molecule has 0 saturated carbocycles. The molecular formula is C9H4F3N3O3. The lowest BCUT2D eigenvalue weighted by Crippen LogP contribution is -2.14. The van der Waals surface area contributed by atoms with Gasteiger partial charge >= 0.3 is 5.69 Å². The molecule has 0 unspecified atom stereocenters. The number of nitro groups is 1. The summed E-state index contributed by atoms with van der Waals surface area (Å²) in [6, 6.07) is 1.47. The summed E-state index contributed by atoms with van der Waals surface area (Å²) in [6.07, 6.45) is -0.713. The molecule has 0 saturated heterocycles. The number of carbonyl (C=O) groups excluding carboxylic acids is 1. The van der Waals surface area contributed by atoms with Crippen LogP contribution in [0.4, 0.5) is 24.5 Å². The standard InChI is InChI=1S/C9H4F3N3O3/c10-4-3-5(11)8(14-6(16)1-2-13)9(7(4)12)15(17)18/h3H,1H2,(H,14,16). The Morgan fingerprint density at radius 3 is 2.56 bits per heavy atom. The summed E-state index contributed by atoms with van der Waals surface area (Å²) in [6.45, 7) is 0. The molecule has 1 N–H and O–H groups in total. The van der Waals surface area contributed by atoms with E-state index in [1.807, 2.05) is 0 Å². The lowest BCUT2D eigenvalue weighted by atomic mass is 10.2. The molecule has 0 aliphatic carbocycles. The fourth-order valence-electron chi connectivity index (χ4n) is 1.13. The number of nitriles is 1. The molecule has 0 fully saturated rings. The van der Waals surface area contributed by atoms with E-state index < -0.39 is 46.1 Å². The first-order valence-electron chi connectivity index (χ1n) is 4.37. The third-order valence-electron chi connectivity index (χ3n) is 1.83. The van der Waals surface area contributed by atoms with Gasteiger partial charge in [0.15, 0.2) is 17.3 Å². The molecule has 1 rings (SSSR count). The lowest BCUT2D eigenvalue weighted by molar-refractivity contribution is -0.387. The fourth-order valence-corrected chi connectivity index (χ4v) is 1.13. The predicted octanol–water partition coefficient (Wildman–Crippen LogP) is 1.86. The van der Waals surface area contributed by atoms with Crippen molar-refractivity contribution in [2.75, 3.05) is 5.32 Å². The maximum Gasteiger partial charge on any atom is 0.334 e. The van der Waals surface area contributed by atoms with Crippen LogP contribution in [0.1, 0.15) is 6.42 Å². The zero-order chi connectivity index (χ0) is 13.9. The van der Waals surface area contributed by atoms with Crippen molar-refractivity contribution in [3.8, 4) is 6.07 Å². The van der Waals surface area contributed by atoms with Crippen molar-refractivity contribution >= 4 is 17.3 Å². The van der Waals surface area contributed by atoms with Crippen LogP contribution < -0.4 is 5.32 Å². The predicted molar refractivity (Wildman–Crippen MR) is 51.8 cm³/mol. The maximum absolute atomic E-state index is 13.2. The SMILES string of the molecule is N#CCC(=O)Nc1c(F)cc(F)c(F)c1[N+](=O)[O-]. The van der Waals surface area contributed by atoms with Gasteiger partial charge in [-0.05, 0) is 0 Å². The summed E-state index contributed by atoms with van der Waals surface area (Å²) < 4.78 is 39.2. The van der Waals surface area contributed by atoms with Gasteiger partial charge in [0.05, 0.1) is 11.0 Å². The van der Waals surface area contributed by atoms with Crippen molar-refractivity contribution in [1.82, 2.24) is 0 Å². The first kappa shape index (κ1) is 13.4. The number of hydrogen-bond donors (Lipinski definition) is 1. The van der Waals surface area contributed by atoms with E-state index in [1.54, 1.807) is 5.32 Å². The molecule has 18 heavy (non-hydrogen) atoms. The second-order valence-corrected chi connectivity index (χ2v) is 3.02. The van der Waals surface area contributed by atoms with E-state index in [-0.39, 0.29) is 6.07 Å². The number of hydrogen-bond acceptors (Lipinski definition) is 4. The van der Waals surface area contributed by atoms with Crippen LogP contribution in [0.15, 0.2) is 6.07 Å². The quantitative estimate of drug-likeness (QED) is 0.509. The van der Waals surface area contributed by atoms with Gasteiger partial charge in [-0.1, -0.05) is 0 Å². The van der Waals surface area contributed by atoms with Gasteiger partial charge in [-0.25, -0.2) is 8.78 Å². The second kappa shape index (κ2) is 5.13. The Hall–Kier alpha value is -2.63. The van der Waals surface area contributed by atoms with Crippen LogP contribution in [0.5, 0.6) is 0 Å². The smallest absolute Gasteiger partial charge is 0.317 e. The van der Waals surface area contributed by atoms with Gasteiger partial charge in [0.2, 0.25) is 11.7 Å². The van der Waals surface area contributed by atoms with Crippen molar-refractivity contribution in [3.63, 3.8) is 0 Å². The highest BCUT2D eigenvalue weighted by molar-refractivity contribution is 5.94. The number of halogens is 3. The minimum absolute atomic E-state index is 0.0598. The van der Waals surface area contributed by atoms with Crippen molar-refractivity contribution in [3.05, 3.63) is 33.6 Å². The van der Waals surface area contributed by atoms with Gasteiger partial charge in [-0.15, -0.1) is 0 Å². The van der Waals surface area contributed by atoms with Crippen LogP contribution in [-0.4, -0.2) is 10.8 Å². The van der Waals surface area contributed by atoms with Gasteiger partial charge in [0, 0.05) is 6.07 Å². The van der Waals surface area contributed by atoms with Crippen molar-refractivity contribution in [2.45, 2.75) is 6.42 Å². The molecule has 0 aliphatic rings. The Balaban J connectivity index is 3.34. The van der Waals surface area contributed by atoms with E-state index in [4.69, 9.17) is 5.26 Å². The molecule has 1 amide bonds. The van der Waals surface area contributed by atoms with Gasteiger partial charge in [0.25, 0.3) is 0 Å². The fraction of sp³-hybridized carbons (Fsp3) is 0.111. The molecule has 0 aromatic heterocycles. The van der Waals surface area contributed by atoms with Crippen LogP contribution in [0.2, 0.25) is 0 Å². The molecule has 9 heteroatoms. The third kappa shape index (κ3) is 2.54. The average Bonchev–Trinajstić information content (AvgIpc) is 2.25. The highest BCUT2D eigenvalue weighted by atomic mass is 19.2. The van der Waals surface area contributed by atoms with Crippen LogP contribution in [0.3, 0.4) is 0 Å². The second-order valence-electron chi connectivity index (χ2n) is 3.02. The highest BCUT2D eigenvalue weighted by Crippen LogP contribution is 2.32. The Morgan fingerprint density at radius 1 is 1.44 bits per heavy atom. The summed E-state index contributed by atoms with van der Waals surface area (Å²) >= 11 is 0. The molecule has 0 heterocycles. The first-order valence-corrected chi connectivity index (χ1v) is 4.37. The zero-order valence-corrected chi connectivity index (χ0v) is 8.54. The largest absolute Gasteiger partial charge is 0.334 e. The summed E-state index contributed by atoms with van der Waals surface area (Å²) in [5, 5.41) is 20.3. The van der Waals surface area contributed by atoms with Crippen molar-refractivity contribution in [1.29, 1.82) is 5.26 Å². The number of nitro benzene ring substituents is 1. The maximum atomic E-state index is 13.2. The number of nitrogens with one attached hydrogen (secondary N) is 1. The van der Waals surface area contributed by atoms with Gasteiger partial charge in [0.1, 0.15) is 6.42 Å². The van der Waals surface area contributed by atoms with Crippen LogP contribution >= 0.6 is 0 Å². The normalized spacial score (nSPS) is 9.67. The molecular weight excluding hydrogens is 255 g/mol. The number of anilines is 1. The van der Waals surface area contributed by atoms with Crippen LogP contribution in [-0.2, 0) is 4.79 Å². The third-order valence-corrected chi connectivity index (χ3v) is 1.83. The highest BCUT2D eigenvalue weighted by Gasteiger charge is 2.29. The molecule has 0 bridgehead atoms. The van der Waals surface area contributed by atoms with E-state index >= 15 is 0 Å². The summed E-state index contributed by atoms with van der Waals surface area (Å²) in [5.41, 5.74) is -2.64. The number of rotatable bonds is 3. The number of nitrogens with zero attached hydrogens (tertiary/aromatic N) is 2. The lowest BCUT2D eigenvalue weighted by Gasteiger charge is -2.06. The Morgan fingerprint density at radius 2 is 2.06 bits per heavy atom. The number of benzene rings is 1. The zero-order valence-electron chi connectivity index (χ0n) is 8.54. The van der Waals surface area contributed by atoms with Gasteiger partial charge < -0.3 is 5.32 Å². The summed E-state index contributed by atoms with van der Waals surface area (Å²) in [5.74, 6) is -6.23. The average molecular weight is 259 g/mol. The van der Waals surface area contributed by atoms with E-state index in [0.717, 1.165) is 0 Å². The van der Waals surface area contributed by atoms with E-state index in [1.165, 1.54) is 6.07 Å². The topological polar surface area (TPSA) is 96.0 Å². The van der Waals surface area contributed by atoms with Crippen molar-refractivity contribution in [2.24, 2.45) is 0 Å². The van der Waals surface area contributed by atoms with Crippen LogP contribution in [0, 0.1) is 38.9 Å². The number of amides is 1. The minimum Gasteiger partial charge on any atom is -0.317 e. The first-order chi connectivity index (χ1) is 8.38. The Kier molecular flexibility index (Phi) is 3.83. The molecule has 0 radical (unpaired) electrons. The molecule has 6 nitrogen and oxygen atoms in total. The van der Waals surface area contributed by atoms with E-state index in [2.05, 4.69) is 0 Å². The van der Waals surface area contributed by atoms with Crippen molar-refractivity contribution < 1.29 is 22.9 Å².